The molecular formula is C36H37N5O5. The van der Waals surface area contributed by atoms with Crippen molar-refractivity contribution in [1.29, 1.82) is 0 Å². The van der Waals surface area contributed by atoms with Crippen LogP contribution in [0.3, 0.4) is 0 Å². The number of carbonyl (C=O) groups is 4. The molecule has 4 amide bonds. The molecule has 4 aromatic rings. The smallest absolute Gasteiger partial charge is 0.324 e. The number of nitrogens with zero attached hydrogens (tertiary/aromatic N) is 3. The third-order valence-electron chi connectivity index (χ3n) is 8.85. The van der Waals surface area contributed by atoms with E-state index in [1.54, 1.807) is 18.5 Å². The number of aromatic nitrogens is 2. The number of aliphatic carboxylic acids is 1. The molecule has 2 aliphatic rings. The van der Waals surface area contributed by atoms with Crippen molar-refractivity contribution in [3.8, 4) is 5.69 Å². The molecule has 2 bridgehead atoms. The number of benzene rings is 3. The van der Waals surface area contributed by atoms with E-state index in [0.29, 0.717) is 28.3 Å². The minimum Gasteiger partial charge on any atom is -0.481 e. The Hall–Kier alpha value is -5.25. The van der Waals surface area contributed by atoms with Crippen LogP contribution in [0.4, 0.5) is 16.3 Å². The number of fused-ring (bicyclic) bond motifs is 3. The summed E-state index contributed by atoms with van der Waals surface area (Å²) in [7, 11) is 0. The number of urea groups is 1. The molecule has 10 nitrogen and oxygen atoms in total. The molecule has 1 aromatic heterocycles. The first-order valence-corrected chi connectivity index (χ1v) is 15.2. The van der Waals surface area contributed by atoms with Crippen molar-refractivity contribution in [1.82, 2.24) is 14.7 Å². The van der Waals surface area contributed by atoms with E-state index >= 15 is 0 Å². The number of likely N-dealkylation sites (tertiary alicyclic amines) is 1. The molecule has 10 heteroatoms. The zero-order valence-corrected chi connectivity index (χ0v) is 26.5. The zero-order valence-electron chi connectivity index (χ0n) is 26.5. The minimum atomic E-state index is -1.28. The van der Waals surface area contributed by atoms with Gasteiger partial charge in [-0.05, 0) is 48.9 Å². The Morgan fingerprint density at radius 2 is 1.67 bits per heavy atom. The number of piperidine rings is 1. The van der Waals surface area contributed by atoms with Crippen LogP contribution in [0, 0.1) is 10.8 Å². The number of nitrogens with one attached hydrogen (secondary N) is 2. The monoisotopic (exact) mass is 619 g/mol. The van der Waals surface area contributed by atoms with Gasteiger partial charge in [-0.15, -0.1) is 0 Å². The van der Waals surface area contributed by atoms with E-state index in [0.717, 1.165) is 16.5 Å². The maximum atomic E-state index is 13.7. The third kappa shape index (κ3) is 5.55. The van der Waals surface area contributed by atoms with Gasteiger partial charge >= 0.3 is 12.0 Å². The van der Waals surface area contributed by atoms with Gasteiger partial charge in [0.05, 0.1) is 34.4 Å². The standard InChI is InChI=1S/C36H37N5O5/c1-34(2,3)28-17-29(38-33(46)37-27-15-9-12-23-11-6-7-14-26(23)27)41(39-28)25-13-8-10-22(16-25)20-40-30(42)24-18-35(4,31(40)43)21-36(5,19-24)32(44)45/h6-17,19H,18,20-21H2,1-5H3,(H,44,45)(H2,37,38,46). The molecule has 1 aliphatic heterocycles. The summed E-state index contributed by atoms with van der Waals surface area (Å²) in [6, 6.07) is 22.2. The number of carboxylic acid groups (broad SMARTS) is 1. The number of carbonyl (C=O) groups excluding carboxylic acids is 3. The predicted molar refractivity (Wildman–Crippen MR) is 176 cm³/mol. The summed E-state index contributed by atoms with van der Waals surface area (Å²) < 4.78 is 1.64. The van der Waals surface area contributed by atoms with Gasteiger partial charge in [0, 0.05) is 22.4 Å². The minimum absolute atomic E-state index is 0.0138. The second-order valence-electron chi connectivity index (χ2n) is 13.9. The van der Waals surface area contributed by atoms with Crippen LogP contribution in [0.2, 0.25) is 0 Å². The first kappa shape index (κ1) is 30.8. The molecule has 3 N–H and O–H groups in total. The quantitative estimate of drug-likeness (QED) is 0.207. The summed E-state index contributed by atoms with van der Waals surface area (Å²) in [5.74, 6) is -1.46. The van der Waals surface area contributed by atoms with E-state index in [2.05, 4.69) is 10.6 Å². The fraction of sp³-hybridized carbons (Fsp3) is 0.306. The number of anilines is 2. The molecule has 0 saturated carbocycles. The van der Waals surface area contributed by atoms with Crippen LogP contribution < -0.4 is 10.6 Å². The lowest BCUT2D eigenvalue weighted by Crippen LogP contribution is -2.55. The average Bonchev–Trinajstić information content (AvgIpc) is 3.43. The Balaban J connectivity index is 1.29. The van der Waals surface area contributed by atoms with Gasteiger partial charge in [0.2, 0.25) is 5.91 Å². The third-order valence-corrected chi connectivity index (χ3v) is 8.85. The van der Waals surface area contributed by atoms with Crippen LogP contribution in [-0.2, 0) is 26.3 Å². The SMILES string of the molecule is CC1(C(=O)O)C=C2CC(C)(C1)C(=O)N(Cc1cccc(-n3nc(C(C)(C)C)cc3NC(=O)Nc3cccc4ccccc34)c1)C2=O. The van der Waals surface area contributed by atoms with Crippen molar-refractivity contribution in [2.45, 2.75) is 59.4 Å². The predicted octanol–water partition coefficient (Wildman–Crippen LogP) is 6.65. The van der Waals surface area contributed by atoms with Crippen LogP contribution in [0.1, 0.15) is 58.7 Å². The molecule has 0 spiro atoms. The molecule has 2 heterocycles. The lowest BCUT2D eigenvalue weighted by molar-refractivity contribution is -0.159. The Labute approximate surface area is 267 Å². The molecule has 0 radical (unpaired) electrons. The van der Waals surface area contributed by atoms with Gasteiger partial charge in [-0.3, -0.25) is 24.6 Å². The first-order chi connectivity index (χ1) is 21.7. The number of carboxylic acids is 1. The maximum absolute atomic E-state index is 13.7. The highest BCUT2D eigenvalue weighted by Gasteiger charge is 2.54. The van der Waals surface area contributed by atoms with Gasteiger partial charge in [0.15, 0.2) is 0 Å². The van der Waals surface area contributed by atoms with Crippen LogP contribution in [0.25, 0.3) is 16.5 Å². The van der Waals surface area contributed by atoms with Crippen molar-refractivity contribution >= 4 is 46.1 Å². The summed E-state index contributed by atoms with van der Waals surface area (Å²) in [4.78, 5) is 53.6. The molecule has 2 atom stereocenters. The van der Waals surface area contributed by atoms with E-state index < -0.39 is 28.7 Å². The second kappa shape index (κ2) is 11.0. The van der Waals surface area contributed by atoms with Gasteiger partial charge in [-0.1, -0.05) is 82.3 Å². The normalized spacial score (nSPS) is 21.2. The van der Waals surface area contributed by atoms with Crippen LogP contribution >= 0.6 is 0 Å². The van der Waals surface area contributed by atoms with Crippen LogP contribution in [0.15, 0.2) is 84.4 Å². The van der Waals surface area contributed by atoms with E-state index in [4.69, 9.17) is 5.10 Å². The Kier molecular flexibility index (Phi) is 7.34. The molecule has 1 aliphatic carbocycles. The fourth-order valence-electron chi connectivity index (χ4n) is 6.55. The number of imide groups is 1. The van der Waals surface area contributed by atoms with E-state index in [1.165, 1.54) is 11.0 Å². The van der Waals surface area contributed by atoms with Crippen LogP contribution in [-0.4, -0.2) is 43.6 Å². The lowest BCUT2D eigenvalue weighted by atomic mass is 9.62. The summed E-state index contributed by atoms with van der Waals surface area (Å²) >= 11 is 0. The highest BCUT2D eigenvalue weighted by Crippen LogP contribution is 2.49. The Morgan fingerprint density at radius 1 is 0.957 bits per heavy atom. The van der Waals surface area contributed by atoms with Gasteiger partial charge in [0.25, 0.3) is 5.91 Å². The molecule has 1 fully saturated rings. The van der Waals surface area contributed by atoms with E-state index in [1.807, 2.05) is 93.6 Å². The first-order valence-electron chi connectivity index (χ1n) is 15.2. The molecule has 6 rings (SSSR count). The summed E-state index contributed by atoms with van der Waals surface area (Å²) in [6.07, 6.45) is 1.84. The largest absolute Gasteiger partial charge is 0.481 e. The van der Waals surface area contributed by atoms with Crippen molar-refractivity contribution < 1.29 is 24.3 Å². The lowest BCUT2D eigenvalue weighted by Gasteiger charge is -2.46. The highest BCUT2D eigenvalue weighted by molar-refractivity contribution is 6.10. The number of hydrogen-bond donors (Lipinski definition) is 3. The molecule has 236 valence electrons. The van der Waals surface area contributed by atoms with Gasteiger partial charge in [0.1, 0.15) is 5.82 Å². The van der Waals surface area contributed by atoms with Crippen molar-refractivity contribution in [2.75, 3.05) is 10.6 Å². The molecule has 2 unspecified atom stereocenters. The molecule has 46 heavy (non-hydrogen) atoms. The Bertz CT molecular complexity index is 1950. The van der Waals surface area contributed by atoms with E-state index in [-0.39, 0.29) is 30.7 Å². The summed E-state index contributed by atoms with van der Waals surface area (Å²) in [5, 5.41) is 22.5. The Morgan fingerprint density at radius 3 is 2.41 bits per heavy atom. The fourth-order valence-corrected chi connectivity index (χ4v) is 6.55. The van der Waals surface area contributed by atoms with Gasteiger partial charge in [-0.2, -0.15) is 5.10 Å². The maximum Gasteiger partial charge on any atom is 0.324 e. The molecular weight excluding hydrogens is 582 g/mol. The highest BCUT2D eigenvalue weighted by atomic mass is 16.4. The topological polar surface area (TPSA) is 134 Å². The number of amides is 4. The van der Waals surface area contributed by atoms with E-state index in [9.17, 15) is 24.3 Å². The molecule has 1 saturated heterocycles. The molecule has 3 aromatic carbocycles. The second-order valence-corrected chi connectivity index (χ2v) is 13.9. The average molecular weight is 620 g/mol. The van der Waals surface area contributed by atoms with Gasteiger partial charge in [-0.25, -0.2) is 9.48 Å². The van der Waals surface area contributed by atoms with Crippen LogP contribution in [0.5, 0.6) is 0 Å². The number of rotatable bonds is 6. The zero-order chi connectivity index (χ0) is 33.0. The van der Waals surface area contributed by atoms with Crippen molar-refractivity contribution in [3.63, 3.8) is 0 Å². The van der Waals surface area contributed by atoms with Crippen molar-refractivity contribution in [3.05, 3.63) is 95.7 Å². The number of hydrogen-bond acceptors (Lipinski definition) is 5. The summed E-state index contributed by atoms with van der Waals surface area (Å²) in [5.41, 5.74) is 0.498. The van der Waals surface area contributed by atoms with Crippen molar-refractivity contribution in [2.24, 2.45) is 10.8 Å². The van der Waals surface area contributed by atoms with Gasteiger partial charge < -0.3 is 10.4 Å². The summed E-state index contributed by atoms with van der Waals surface area (Å²) in [6.45, 7) is 9.40.